The molecule has 0 radical (unpaired) electrons. The summed E-state index contributed by atoms with van der Waals surface area (Å²) < 4.78 is 2.43. The van der Waals surface area contributed by atoms with Gasteiger partial charge in [0, 0.05) is 52.4 Å². The molecule has 5 heteroatoms. The number of nitrogens with zero attached hydrogens (tertiary/aromatic N) is 4. The van der Waals surface area contributed by atoms with Crippen LogP contribution in [0, 0.1) is 0 Å². The molecule has 0 atom stereocenters. The lowest BCUT2D eigenvalue weighted by molar-refractivity contribution is 0.0994. The van der Waals surface area contributed by atoms with Crippen LogP contribution in [-0.2, 0) is 13.0 Å². The number of benzene rings is 2. The molecule has 4 aromatic rings. The minimum Gasteiger partial charge on any atom is -0.339 e. The van der Waals surface area contributed by atoms with Crippen molar-refractivity contribution in [2.24, 2.45) is 0 Å². The van der Waals surface area contributed by atoms with Gasteiger partial charge in [0.1, 0.15) is 0 Å². The van der Waals surface area contributed by atoms with Crippen LogP contribution in [0.1, 0.15) is 36.2 Å². The minimum atomic E-state index is 0.269. The predicted octanol–water partition coefficient (Wildman–Crippen LogP) is 4.72. The third kappa shape index (κ3) is 3.01. The first-order valence-corrected chi connectivity index (χ1v) is 10.8. The summed E-state index contributed by atoms with van der Waals surface area (Å²) in [5.41, 5.74) is 6.77. The lowest BCUT2D eigenvalue weighted by Gasteiger charge is -2.19. The Balaban J connectivity index is 1.73. The number of hydrogen-bond acceptors (Lipinski definition) is 4. The second kappa shape index (κ2) is 7.65. The highest BCUT2D eigenvalue weighted by Gasteiger charge is 2.25. The highest BCUT2D eigenvalue weighted by Crippen LogP contribution is 2.38. The van der Waals surface area contributed by atoms with Crippen LogP contribution in [0.4, 0.5) is 0 Å². The largest absolute Gasteiger partial charge is 0.339 e. The number of likely N-dealkylation sites (N-methyl/N-ethyl adjacent to an activating group) is 1. The molecule has 2 aromatic carbocycles. The van der Waals surface area contributed by atoms with Gasteiger partial charge in [0.25, 0.3) is 0 Å². The van der Waals surface area contributed by atoms with Crippen molar-refractivity contribution >= 4 is 27.6 Å². The fourth-order valence-electron chi connectivity index (χ4n) is 4.82. The van der Waals surface area contributed by atoms with Crippen LogP contribution in [0.5, 0.6) is 0 Å². The summed E-state index contributed by atoms with van der Waals surface area (Å²) in [4.78, 5) is 14.9. The maximum Gasteiger partial charge on any atom is 0.163 e. The van der Waals surface area contributed by atoms with Crippen LogP contribution in [0.2, 0.25) is 0 Å². The number of carbonyl (C=O) groups excluding carboxylic acids is 1. The quantitative estimate of drug-likeness (QED) is 0.471. The van der Waals surface area contributed by atoms with E-state index in [1.807, 2.05) is 12.1 Å². The van der Waals surface area contributed by atoms with E-state index in [0.717, 1.165) is 49.3 Å². The summed E-state index contributed by atoms with van der Waals surface area (Å²) in [6, 6.07) is 12.8. The number of hydrogen-bond donors (Lipinski definition) is 0. The molecule has 1 aliphatic carbocycles. The van der Waals surface area contributed by atoms with E-state index in [9.17, 15) is 4.79 Å². The van der Waals surface area contributed by atoms with Gasteiger partial charge in [0.05, 0.1) is 12.4 Å². The van der Waals surface area contributed by atoms with Crippen LogP contribution >= 0.6 is 0 Å². The highest BCUT2D eigenvalue weighted by atomic mass is 16.1. The van der Waals surface area contributed by atoms with Crippen LogP contribution in [0.15, 0.2) is 48.8 Å². The van der Waals surface area contributed by atoms with Crippen molar-refractivity contribution in [2.45, 2.75) is 33.2 Å². The molecular formula is C25H26N4O. The lowest BCUT2D eigenvalue weighted by Crippen LogP contribution is -2.26. The maximum absolute atomic E-state index is 12.4. The molecule has 2 heterocycles. The zero-order valence-electron chi connectivity index (χ0n) is 17.6. The molecule has 5 rings (SSSR count). The summed E-state index contributed by atoms with van der Waals surface area (Å²) >= 11 is 0. The Labute approximate surface area is 176 Å². The molecule has 0 saturated heterocycles. The molecule has 0 aliphatic heterocycles. The molecule has 0 bridgehead atoms. The number of carbonyl (C=O) groups is 1. The van der Waals surface area contributed by atoms with Crippen molar-refractivity contribution in [3.05, 3.63) is 59.9 Å². The summed E-state index contributed by atoms with van der Waals surface area (Å²) in [7, 11) is 0. The van der Waals surface area contributed by atoms with E-state index in [1.165, 1.54) is 27.4 Å². The lowest BCUT2D eigenvalue weighted by atomic mass is 10.00. The zero-order valence-corrected chi connectivity index (χ0v) is 17.6. The molecule has 30 heavy (non-hydrogen) atoms. The predicted molar refractivity (Wildman–Crippen MR) is 121 cm³/mol. The molecule has 0 fully saturated rings. The van der Waals surface area contributed by atoms with Crippen LogP contribution in [0.3, 0.4) is 0 Å². The first-order valence-electron chi connectivity index (χ1n) is 10.8. The fourth-order valence-corrected chi connectivity index (χ4v) is 4.82. The second-order valence-corrected chi connectivity index (χ2v) is 7.95. The molecule has 2 aromatic heterocycles. The molecule has 5 nitrogen and oxygen atoms in total. The Bertz CT molecular complexity index is 1240. The first-order chi connectivity index (χ1) is 14.7. The number of rotatable bonds is 6. The Morgan fingerprint density at radius 1 is 0.967 bits per heavy atom. The van der Waals surface area contributed by atoms with E-state index in [0.29, 0.717) is 6.42 Å². The van der Waals surface area contributed by atoms with Crippen LogP contribution in [0.25, 0.3) is 32.9 Å². The smallest absolute Gasteiger partial charge is 0.163 e. The maximum atomic E-state index is 12.4. The van der Waals surface area contributed by atoms with Gasteiger partial charge in [-0.05, 0) is 61.0 Å². The van der Waals surface area contributed by atoms with Gasteiger partial charge in [0.15, 0.2) is 5.78 Å². The molecule has 1 aliphatic rings. The SMILES string of the molecule is CCN(CC)CCn1c2ccc(-c3ccnnc3)cc2c2c3c(ccc21)C(=O)CC3. The van der Waals surface area contributed by atoms with E-state index in [1.54, 1.807) is 12.4 Å². The standard InChI is InChI=1S/C25H26N4O/c1-3-28(4-2)13-14-29-22-8-5-17(18-11-12-26-27-16-18)15-21(22)25-20-7-10-24(30)19(20)6-9-23(25)29/h5-6,8-9,11-12,15-16H,3-4,7,10,13-14H2,1-2H3. The number of ketones is 1. The summed E-state index contributed by atoms with van der Waals surface area (Å²) in [5.74, 6) is 0.269. The van der Waals surface area contributed by atoms with Crippen LogP contribution in [-0.4, -0.2) is 45.1 Å². The summed E-state index contributed by atoms with van der Waals surface area (Å²) in [5, 5.41) is 10.4. The summed E-state index contributed by atoms with van der Waals surface area (Å²) in [6.07, 6.45) is 4.98. The number of aromatic nitrogens is 3. The topological polar surface area (TPSA) is 51.0 Å². The Hall–Kier alpha value is -3.05. The molecule has 0 amide bonds. The van der Waals surface area contributed by atoms with E-state index in [2.05, 4.69) is 57.8 Å². The highest BCUT2D eigenvalue weighted by molar-refractivity contribution is 6.15. The van der Waals surface area contributed by atoms with Crippen molar-refractivity contribution in [3.63, 3.8) is 0 Å². The average molecular weight is 399 g/mol. The van der Waals surface area contributed by atoms with E-state index in [-0.39, 0.29) is 5.78 Å². The molecule has 0 spiro atoms. The van der Waals surface area contributed by atoms with Crippen molar-refractivity contribution in [2.75, 3.05) is 19.6 Å². The van der Waals surface area contributed by atoms with Gasteiger partial charge in [-0.2, -0.15) is 10.2 Å². The molecule has 152 valence electrons. The van der Waals surface area contributed by atoms with Gasteiger partial charge in [-0.1, -0.05) is 19.9 Å². The summed E-state index contributed by atoms with van der Waals surface area (Å²) in [6.45, 7) is 8.47. The number of Topliss-reactive ketones (excluding diaryl/α,β-unsaturated/α-hetero) is 1. The second-order valence-electron chi connectivity index (χ2n) is 7.95. The average Bonchev–Trinajstić information content (AvgIpc) is 3.32. The van der Waals surface area contributed by atoms with Crippen molar-refractivity contribution in [3.8, 4) is 11.1 Å². The van der Waals surface area contributed by atoms with Gasteiger partial charge >= 0.3 is 0 Å². The van der Waals surface area contributed by atoms with E-state index >= 15 is 0 Å². The van der Waals surface area contributed by atoms with Crippen molar-refractivity contribution < 1.29 is 4.79 Å². The van der Waals surface area contributed by atoms with E-state index in [4.69, 9.17) is 0 Å². The van der Waals surface area contributed by atoms with Crippen molar-refractivity contribution in [1.82, 2.24) is 19.7 Å². The molecule has 0 N–H and O–H groups in total. The van der Waals surface area contributed by atoms with Gasteiger partial charge in [-0.15, -0.1) is 0 Å². The molecule has 0 saturated carbocycles. The first kappa shape index (κ1) is 18.9. The van der Waals surface area contributed by atoms with Crippen LogP contribution < -0.4 is 0 Å². The minimum absolute atomic E-state index is 0.269. The van der Waals surface area contributed by atoms with Gasteiger partial charge in [0.2, 0.25) is 0 Å². The number of aryl methyl sites for hydroxylation is 1. The third-order valence-corrected chi connectivity index (χ3v) is 6.49. The monoisotopic (exact) mass is 398 g/mol. The zero-order chi connectivity index (χ0) is 20.7. The van der Waals surface area contributed by atoms with Gasteiger partial charge in [-0.3, -0.25) is 4.79 Å². The fraction of sp³-hybridized carbons (Fsp3) is 0.320. The normalized spacial score (nSPS) is 13.6. The Kier molecular flexibility index (Phi) is 4.83. The third-order valence-electron chi connectivity index (χ3n) is 6.49. The molecular weight excluding hydrogens is 372 g/mol. The van der Waals surface area contributed by atoms with E-state index < -0.39 is 0 Å². The van der Waals surface area contributed by atoms with Crippen molar-refractivity contribution in [1.29, 1.82) is 0 Å². The Morgan fingerprint density at radius 2 is 1.80 bits per heavy atom. The van der Waals surface area contributed by atoms with Gasteiger partial charge < -0.3 is 9.47 Å². The number of fused-ring (bicyclic) bond motifs is 5. The van der Waals surface area contributed by atoms with Gasteiger partial charge in [-0.25, -0.2) is 0 Å². The Morgan fingerprint density at radius 3 is 2.57 bits per heavy atom. The molecule has 0 unspecified atom stereocenters.